The Hall–Kier alpha value is -0.383. The van der Waals surface area contributed by atoms with Gasteiger partial charge in [0, 0.05) is 0 Å². The van der Waals surface area contributed by atoms with Crippen LogP contribution in [0.25, 0.3) is 0 Å². The fraction of sp³-hybridized carbons (Fsp3) is 0.500. The van der Waals surface area contributed by atoms with Gasteiger partial charge in [0.05, 0.1) is 0 Å². The van der Waals surface area contributed by atoms with Gasteiger partial charge in [-0.05, 0) is 0 Å². The van der Waals surface area contributed by atoms with Gasteiger partial charge in [-0.25, -0.2) is 0 Å². The van der Waals surface area contributed by atoms with E-state index in [-0.39, 0.29) is 0 Å². The molecule has 0 radical (unpaired) electrons. The Labute approximate surface area is 95.7 Å². The summed E-state index contributed by atoms with van der Waals surface area (Å²) in [6, 6.07) is 4.53. The number of benzene rings is 1. The third kappa shape index (κ3) is 1.72. The van der Waals surface area contributed by atoms with E-state index in [2.05, 4.69) is 48.6 Å². The Morgan fingerprint density at radius 1 is 1.07 bits per heavy atom. The van der Waals surface area contributed by atoms with E-state index in [4.69, 9.17) is 0 Å². The summed E-state index contributed by atoms with van der Waals surface area (Å²) in [5.41, 5.74) is 4.37. The van der Waals surface area contributed by atoms with Crippen LogP contribution < -0.4 is 9.14 Å². The van der Waals surface area contributed by atoms with Crippen LogP contribution >= 0.6 is 0 Å². The maximum absolute atomic E-state index is 2.52. The molecule has 0 N–H and O–H groups in total. The quantitative estimate of drug-likeness (QED) is 0.596. The Morgan fingerprint density at radius 3 is 2.36 bits per heavy atom. The van der Waals surface area contributed by atoms with E-state index in [9.17, 15) is 0 Å². The molecule has 1 heterocycles. The molecule has 0 aromatic heterocycles. The van der Waals surface area contributed by atoms with Gasteiger partial charge < -0.3 is 0 Å². The van der Waals surface area contributed by atoms with Crippen LogP contribution in [0.1, 0.15) is 24.0 Å². The standard InChI is InChI=1S/C12H16N.Li/c1-10-6-5-7-12(11(10)2)13-8-3-4-9-13;/h5,7H,3-4,8-9H2,1-2H3;. The van der Waals surface area contributed by atoms with Crippen LogP contribution in [0.5, 0.6) is 0 Å². The van der Waals surface area contributed by atoms with Crippen molar-refractivity contribution in [2.24, 2.45) is 0 Å². The Morgan fingerprint density at radius 2 is 1.71 bits per heavy atom. The van der Waals surface area contributed by atoms with Gasteiger partial charge in [-0.1, -0.05) is 0 Å². The topological polar surface area (TPSA) is 3.24 Å². The van der Waals surface area contributed by atoms with Crippen LogP contribution in [0, 0.1) is 13.8 Å². The second kappa shape index (κ2) is 4.01. The molecule has 70 valence electrons. The van der Waals surface area contributed by atoms with Crippen molar-refractivity contribution in [1.29, 1.82) is 0 Å². The fourth-order valence-electron chi connectivity index (χ4n) is 2.24. The Balaban J connectivity index is 2.38. The van der Waals surface area contributed by atoms with E-state index in [1.807, 2.05) is 0 Å². The molecular weight excluding hydrogens is 165 g/mol. The van der Waals surface area contributed by atoms with Gasteiger partial charge in [0.25, 0.3) is 0 Å². The summed E-state index contributed by atoms with van der Waals surface area (Å²) in [5.74, 6) is 0. The number of nitrogens with zero attached hydrogens (tertiary/aromatic N) is 1. The molecule has 1 nitrogen and oxygen atoms in total. The van der Waals surface area contributed by atoms with Crippen LogP contribution in [-0.2, 0) is 0 Å². The molecule has 0 amide bonds. The van der Waals surface area contributed by atoms with Crippen molar-refractivity contribution < 1.29 is 0 Å². The van der Waals surface area contributed by atoms with Crippen molar-refractivity contribution in [2.75, 3.05) is 18.0 Å². The molecular formula is C12H16LiN. The third-order valence-electron chi connectivity index (χ3n) is 3.48. The van der Waals surface area contributed by atoms with E-state index < -0.39 is 0 Å². The Kier molecular flexibility index (Phi) is 2.90. The third-order valence-corrected chi connectivity index (χ3v) is 3.48. The first-order chi connectivity index (χ1) is 6.70. The zero-order valence-electron chi connectivity index (χ0n) is 9.43. The first kappa shape index (κ1) is 10.1. The van der Waals surface area contributed by atoms with Crippen molar-refractivity contribution in [2.45, 2.75) is 26.7 Å². The summed E-state index contributed by atoms with van der Waals surface area (Å²) in [4.78, 5) is 2.52. The average Bonchev–Trinajstić information content (AvgIpc) is 2.67. The summed E-state index contributed by atoms with van der Waals surface area (Å²) in [6.45, 7) is 6.95. The van der Waals surface area contributed by atoms with Crippen molar-refractivity contribution in [3.63, 3.8) is 0 Å². The molecule has 0 unspecified atom stereocenters. The molecule has 1 aliphatic heterocycles. The SMILES string of the molecule is [Li][c]1ccc(N2CCCC2)c(C)c1C. The van der Waals surface area contributed by atoms with Crippen molar-refractivity contribution in [1.82, 2.24) is 0 Å². The normalized spacial score (nSPS) is 16.4. The van der Waals surface area contributed by atoms with Crippen molar-refractivity contribution in [3.05, 3.63) is 23.3 Å². The average molecular weight is 181 g/mol. The van der Waals surface area contributed by atoms with E-state index in [1.165, 1.54) is 47.0 Å². The molecule has 0 aliphatic carbocycles. The van der Waals surface area contributed by atoms with Crippen molar-refractivity contribution >= 4 is 27.6 Å². The first-order valence-electron chi connectivity index (χ1n) is 5.52. The van der Waals surface area contributed by atoms with Gasteiger partial charge in [-0.15, -0.1) is 0 Å². The molecule has 2 heteroatoms. The van der Waals surface area contributed by atoms with Crippen LogP contribution in [0.15, 0.2) is 12.1 Å². The molecule has 0 atom stereocenters. The summed E-state index contributed by atoms with van der Waals surface area (Å²) < 4.78 is 1.41. The minimum absolute atomic E-state index is 1.24. The van der Waals surface area contributed by atoms with Crippen LogP contribution in [0.4, 0.5) is 5.69 Å². The molecule has 14 heavy (non-hydrogen) atoms. The van der Waals surface area contributed by atoms with E-state index in [1.54, 1.807) is 0 Å². The molecule has 2 rings (SSSR count). The molecule has 1 aromatic rings. The number of hydrogen-bond donors (Lipinski definition) is 0. The Bertz CT molecular complexity index is 340. The summed E-state index contributed by atoms with van der Waals surface area (Å²) in [7, 11) is 0. The summed E-state index contributed by atoms with van der Waals surface area (Å²) >= 11 is 2.19. The monoisotopic (exact) mass is 181 g/mol. The van der Waals surface area contributed by atoms with E-state index in [0.29, 0.717) is 0 Å². The van der Waals surface area contributed by atoms with Crippen LogP contribution in [0.2, 0.25) is 0 Å². The van der Waals surface area contributed by atoms with E-state index >= 15 is 0 Å². The zero-order valence-corrected chi connectivity index (χ0v) is 9.43. The predicted octanol–water partition coefficient (Wildman–Crippen LogP) is 1.70. The predicted molar refractivity (Wildman–Crippen MR) is 62.8 cm³/mol. The first-order valence-corrected chi connectivity index (χ1v) is 5.52. The van der Waals surface area contributed by atoms with Crippen LogP contribution in [0.3, 0.4) is 0 Å². The van der Waals surface area contributed by atoms with Gasteiger partial charge in [0.2, 0.25) is 0 Å². The molecule has 0 bridgehead atoms. The summed E-state index contributed by atoms with van der Waals surface area (Å²) in [5, 5.41) is 0. The second-order valence-corrected chi connectivity index (χ2v) is 4.35. The minimum atomic E-state index is 1.24. The van der Waals surface area contributed by atoms with Gasteiger partial charge in [-0.2, -0.15) is 0 Å². The molecule has 0 saturated carbocycles. The number of hydrogen-bond acceptors (Lipinski definition) is 1. The molecule has 1 fully saturated rings. The fourth-order valence-corrected chi connectivity index (χ4v) is 2.24. The number of rotatable bonds is 1. The second-order valence-electron chi connectivity index (χ2n) is 4.35. The summed E-state index contributed by atoms with van der Waals surface area (Å²) in [6.07, 6.45) is 2.71. The van der Waals surface area contributed by atoms with Gasteiger partial charge >= 0.3 is 95.6 Å². The van der Waals surface area contributed by atoms with Crippen molar-refractivity contribution in [3.8, 4) is 0 Å². The molecule has 1 aromatic carbocycles. The molecule has 1 aliphatic rings. The zero-order chi connectivity index (χ0) is 10.1. The molecule has 1 saturated heterocycles. The van der Waals surface area contributed by atoms with Gasteiger partial charge in [0.1, 0.15) is 0 Å². The molecule has 0 spiro atoms. The maximum atomic E-state index is 2.52. The number of anilines is 1. The van der Waals surface area contributed by atoms with Gasteiger partial charge in [-0.3, -0.25) is 0 Å². The van der Waals surface area contributed by atoms with Crippen LogP contribution in [-0.4, -0.2) is 30.8 Å². The van der Waals surface area contributed by atoms with E-state index in [0.717, 1.165) is 0 Å². The van der Waals surface area contributed by atoms with Gasteiger partial charge in [0.15, 0.2) is 0 Å².